The summed E-state index contributed by atoms with van der Waals surface area (Å²) in [4.78, 5) is 30.6. The minimum absolute atomic E-state index is 0.00582. The Morgan fingerprint density at radius 2 is 2.04 bits per heavy atom. The summed E-state index contributed by atoms with van der Waals surface area (Å²) in [5, 5.41) is 0.991. The van der Waals surface area contributed by atoms with Crippen LogP contribution in [-0.4, -0.2) is 27.2 Å². The van der Waals surface area contributed by atoms with E-state index in [-0.39, 0.29) is 12.1 Å². The third kappa shape index (κ3) is 3.13. The van der Waals surface area contributed by atoms with Gasteiger partial charge in [-0.05, 0) is 29.8 Å². The zero-order valence-electron chi connectivity index (χ0n) is 12.7. The molecule has 3 rings (SSSR count). The van der Waals surface area contributed by atoms with Crippen molar-refractivity contribution in [2.75, 3.05) is 7.05 Å². The molecule has 0 aliphatic rings. The van der Waals surface area contributed by atoms with Gasteiger partial charge in [-0.2, -0.15) is 0 Å². The molecule has 5 nitrogen and oxygen atoms in total. The van der Waals surface area contributed by atoms with E-state index in [1.54, 1.807) is 49.6 Å². The standard InChI is InChI=1S/C17H13Cl2N3O2/c1-21(10-11-5-6-12(18)8-14(11)19)16(23)13-9-20-15-4-2-3-7-22(15)17(13)24/h2-9H,10H2,1H3. The van der Waals surface area contributed by atoms with E-state index in [0.29, 0.717) is 15.7 Å². The monoisotopic (exact) mass is 361 g/mol. The van der Waals surface area contributed by atoms with Gasteiger partial charge in [-0.3, -0.25) is 14.0 Å². The summed E-state index contributed by atoms with van der Waals surface area (Å²) in [5.41, 5.74) is 0.833. The van der Waals surface area contributed by atoms with Gasteiger partial charge in [0.2, 0.25) is 0 Å². The highest BCUT2D eigenvalue weighted by Crippen LogP contribution is 2.22. The van der Waals surface area contributed by atoms with Crippen LogP contribution in [-0.2, 0) is 6.54 Å². The van der Waals surface area contributed by atoms with Gasteiger partial charge in [0.1, 0.15) is 11.2 Å². The molecule has 0 saturated heterocycles. The molecular formula is C17H13Cl2N3O2. The first kappa shape index (κ1) is 16.5. The van der Waals surface area contributed by atoms with Crippen LogP contribution < -0.4 is 5.56 Å². The highest BCUT2D eigenvalue weighted by molar-refractivity contribution is 6.35. The molecule has 1 aromatic carbocycles. The molecule has 2 aromatic heterocycles. The molecule has 24 heavy (non-hydrogen) atoms. The van der Waals surface area contributed by atoms with Gasteiger partial charge in [0, 0.05) is 36.0 Å². The Hall–Kier alpha value is -2.37. The highest BCUT2D eigenvalue weighted by Gasteiger charge is 2.18. The lowest BCUT2D eigenvalue weighted by molar-refractivity contribution is 0.0783. The molecule has 0 bridgehead atoms. The smallest absolute Gasteiger partial charge is 0.270 e. The van der Waals surface area contributed by atoms with Crippen molar-refractivity contribution in [3.05, 3.63) is 80.3 Å². The molecule has 0 spiro atoms. The summed E-state index contributed by atoms with van der Waals surface area (Å²) in [7, 11) is 1.60. The zero-order valence-corrected chi connectivity index (χ0v) is 14.3. The van der Waals surface area contributed by atoms with Crippen molar-refractivity contribution < 1.29 is 4.79 Å². The van der Waals surface area contributed by atoms with Crippen LogP contribution in [0.1, 0.15) is 15.9 Å². The molecule has 3 aromatic rings. The highest BCUT2D eigenvalue weighted by atomic mass is 35.5. The first-order valence-corrected chi connectivity index (χ1v) is 7.89. The van der Waals surface area contributed by atoms with E-state index in [2.05, 4.69) is 4.98 Å². The Labute approximate surface area is 148 Å². The molecule has 0 atom stereocenters. The zero-order chi connectivity index (χ0) is 17.3. The van der Waals surface area contributed by atoms with Gasteiger partial charge in [-0.15, -0.1) is 0 Å². The van der Waals surface area contributed by atoms with Crippen molar-refractivity contribution in [2.24, 2.45) is 0 Å². The lowest BCUT2D eigenvalue weighted by Gasteiger charge is -2.18. The van der Waals surface area contributed by atoms with Crippen LogP contribution in [0.2, 0.25) is 10.0 Å². The molecule has 0 aliphatic heterocycles. The maximum absolute atomic E-state index is 12.6. The van der Waals surface area contributed by atoms with Crippen LogP contribution in [0.3, 0.4) is 0 Å². The first-order valence-electron chi connectivity index (χ1n) is 7.13. The Bertz CT molecular complexity index is 985. The molecule has 0 unspecified atom stereocenters. The number of aromatic nitrogens is 2. The van der Waals surface area contributed by atoms with E-state index in [0.717, 1.165) is 5.56 Å². The van der Waals surface area contributed by atoms with Gasteiger partial charge in [-0.25, -0.2) is 4.98 Å². The number of hydrogen-bond donors (Lipinski definition) is 0. The number of fused-ring (bicyclic) bond motifs is 1. The quantitative estimate of drug-likeness (QED) is 0.719. The van der Waals surface area contributed by atoms with E-state index < -0.39 is 11.5 Å². The Balaban J connectivity index is 1.91. The average Bonchev–Trinajstić information content (AvgIpc) is 2.57. The molecule has 1 amide bonds. The van der Waals surface area contributed by atoms with Gasteiger partial charge < -0.3 is 4.90 Å². The number of halogens is 2. The van der Waals surface area contributed by atoms with Crippen LogP contribution >= 0.6 is 23.2 Å². The number of amides is 1. The van der Waals surface area contributed by atoms with E-state index in [1.807, 2.05) is 0 Å². The van der Waals surface area contributed by atoms with Crippen molar-refractivity contribution in [1.82, 2.24) is 14.3 Å². The summed E-state index contributed by atoms with van der Waals surface area (Å²) < 4.78 is 1.34. The predicted octanol–water partition coefficient (Wildman–Crippen LogP) is 3.27. The number of nitrogens with zero attached hydrogens (tertiary/aromatic N) is 3. The molecule has 2 heterocycles. The van der Waals surface area contributed by atoms with Gasteiger partial charge in [0.15, 0.2) is 0 Å². The fourth-order valence-electron chi connectivity index (χ4n) is 2.36. The second-order valence-electron chi connectivity index (χ2n) is 5.30. The maximum atomic E-state index is 12.6. The molecule has 0 radical (unpaired) electrons. The topological polar surface area (TPSA) is 54.7 Å². The second kappa shape index (κ2) is 6.63. The maximum Gasteiger partial charge on any atom is 0.270 e. The van der Waals surface area contributed by atoms with Gasteiger partial charge in [0.25, 0.3) is 11.5 Å². The number of carbonyl (C=O) groups excluding carboxylic acids is 1. The summed E-state index contributed by atoms with van der Waals surface area (Å²) in [5.74, 6) is -0.420. The molecule has 7 heteroatoms. The fraction of sp³-hybridized carbons (Fsp3) is 0.118. The first-order chi connectivity index (χ1) is 11.5. The largest absolute Gasteiger partial charge is 0.337 e. The Morgan fingerprint density at radius 1 is 1.25 bits per heavy atom. The number of rotatable bonds is 3. The number of benzene rings is 1. The van der Waals surface area contributed by atoms with E-state index in [1.165, 1.54) is 15.5 Å². The number of carbonyl (C=O) groups is 1. The summed E-state index contributed by atoms with van der Waals surface area (Å²) in [6.45, 7) is 0.256. The van der Waals surface area contributed by atoms with Gasteiger partial charge in [0.05, 0.1) is 0 Å². The van der Waals surface area contributed by atoms with Crippen molar-refractivity contribution in [3.63, 3.8) is 0 Å². The van der Waals surface area contributed by atoms with E-state index in [9.17, 15) is 9.59 Å². The normalized spacial score (nSPS) is 10.8. The van der Waals surface area contributed by atoms with Gasteiger partial charge in [-0.1, -0.05) is 35.3 Å². The average molecular weight is 362 g/mol. The summed E-state index contributed by atoms with van der Waals surface area (Å²) in [6.07, 6.45) is 2.89. The molecule has 0 fully saturated rings. The molecule has 0 aliphatic carbocycles. The third-order valence-corrected chi connectivity index (χ3v) is 4.20. The van der Waals surface area contributed by atoms with Crippen molar-refractivity contribution in [1.29, 1.82) is 0 Å². The number of pyridine rings is 1. The molecule has 0 saturated carbocycles. The predicted molar refractivity (Wildman–Crippen MR) is 93.7 cm³/mol. The van der Waals surface area contributed by atoms with Crippen LogP contribution in [0.15, 0.2) is 53.6 Å². The summed E-state index contributed by atoms with van der Waals surface area (Å²) in [6, 6.07) is 10.3. The van der Waals surface area contributed by atoms with E-state index >= 15 is 0 Å². The third-order valence-electron chi connectivity index (χ3n) is 3.61. The van der Waals surface area contributed by atoms with Crippen molar-refractivity contribution in [2.45, 2.75) is 6.54 Å². The van der Waals surface area contributed by atoms with Crippen molar-refractivity contribution >= 4 is 34.8 Å². The minimum atomic E-state index is -0.420. The minimum Gasteiger partial charge on any atom is -0.337 e. The number of hydrogen-bond acceptors (Lipinski definition) is 3. The second-order valence-corrected chi connectivity index (χ2v) is 6.15. The molecule has 0 N–H and O–H groups in total. The fourth-order valence-corrected chi connectivity index (χ4v) is 2.82. The Morgan fingerprint density at radius 3 is 2.79 bits per heavy atom. The van der Waals surface area contributed by atoms with Crippen LogP contribution in [0.5, 0.6) is 0 Å². The van der Waals surface area contributed by atoms with Crippen LogP contribution in [0.25, 0.3) is 5.65 Å². The lowest BCUT2D eigenvalue weighted by atomic mass is 10.2. The Kier molecular flexibility index (Phi) is 4.55. The molecule has 122 valence electrons. The van der Waals surface area contributed by atoms with Crippen molar-refractivity contribution in [3.8, 4) is 0 Å². The molecular weight excluding hydrogens is 349 g/mol. The van der Waals surface area contributed by atoms with Gasteiger partial charge >= 0.3 is 0 Å². The van der Waals surface area contributed by atoms with E-state index in [4.69, 9.17) is 23.2 Å². The van der Waals surface area contributed by atoms with Crippen LogP contribution in [0, 0.1) is 0 Å². The lowest BCUT2D eigenvalue weighted by Crippen LogP contribution is -2.33. The van der Waals surface area contributed by atoms with Crippen LogP contribution in [0.4, 0.5) is 0 Å². The summed E-state index contributed by atoms with van der Waals surface area (Å²) >= 11 is 12.0. The SMILES string of the molecule is CN(Cc1ccc(Cl)cc1Cl)C(=O)c1cnc2ccccn2c1=O.